The second-order valence-corrected chi connectivity index (χ2v) is 8.59. The number of carbonyl (C=O) groups is 1. The molecule has 1 atom stereocenters. The summed E-state index contributed by atoms with van der Waals surface area (Å²) in [6, 6.07) is 13.1. The second-order valence-electron chi connectivity index (χ2n) is 8.59. The van der Waals surface area contributed by atoms with Crippen LogP contribution in [0.5, 0.6) is 5.75 Å². The van der Waals surface area contributed by atoms with Crippen molar-refractivity contribution >= 4 is 11.7 Å². The van der Waals surface area contributed by atoms with E-state index < -0.39 is 0 Å². The maximum absolute atomic E-state index is 14.1. The zero-order chi connectivity index (χ0) is 21.8. The molecule has 2 aliphatic rings. The average Bonchev–Trinajstić information content (AvgIpc) is 3.23. The molecule has 4 rings (SSSR count). The summed E-state index contributed by atoms with van der Waals surface area (Å²) in [5.74, 6) is 0.587. The zero-order valence-electron chi connectivity index (χ0n) is 18.4. The lowest BCUT2D eigenvalue weighted by atomic mass is 9.91. The molecule has 6 heteroatoms. The Morgan fingerprint density at radius 3 is 2.58 bits per heavy atom. The van der Waals surface area contributed by atoms with Crippen LogP contribution in [0.4, 0.5) is 14.9 Å². The number of benzene rings is 2. The van der Waals surface area contributed by atoms with E-state index in [2.05, 4.69) is 6.92 Å². The number of anilines is 1. The first-order valence-corrected chi connectivity index (χ1v) is 11.2. The van der Waals surface area contributed by atoms with Crippen molar-refractivity contribution in [3.8, 4) is 5.75 Å². The van der Waals surface area contributed by atoms with E-state index in [1.807, 2.05) is 42.3 Å². The summed E-state index contributed by atoms with van der Waals surface area (Å²) in [6.45, 7) is 4.70. The normalized spacial score (nSPS) is 19.5. The number of hydrogen-bond donors (Lipinski definition) is 0. The number of nitrogens with zero attached hydrogens (tertiary/aromatic N) is 2. The maximum Gasteiger partial charge on any atom is 0.324 e. The van der Waals surface area contributed by atoms with Gasteiger partial charge in [-0.1, -0.05) is 12.1 Å². The van der Waals surface area contributed by atoms with Crippen molar-refractivity contribution in [1.82, 2.24) is 4.90 Å². The Labute approximate surface area is 183 Å². The number of hydrogen-bond acceptors (Lipinski definition) is 3. The highest BCUT2D eigenvalue weighted by molar-refractivity contribution is 5.91. The minimum atomic E-state index is -0.273. The topological polar surface area (TPSA) is 42.0 Å². The summed E-state index contributed by atoms with van der Waals surface area (Å²) in [7, 11) is 1.81. The molecule has 31 heavy (non-hydrogen) atoms. The predicted molar refractivity (Wildman–Crippen MR) is 119 cm³/mol. The van der Waals surface area contributed by atoms with Gasteiger partial charge in [0.25, 0.3) is 0 Å². The van der Waals surface area contributed by atoms with Crippen LogP contribution in [-0.2, 0) is 11.3 Å². The van der Waals surface area contributed by atoms with Gasteiger partial charge in [-0.15, -0.1) is 0 Å². The van der Waals surface area contributed by atoms with Gasteiger partial charge >= 0.3 is 6.03 Å². The maximum atomic E-state index is 14.1. The SMILES string of the molecule is CC1CCCN1C(=O)N(C)c1ccc(COc2cc(F)cc(C3CCOCC3)c2)cc1. The standard InChI is InChI=1S/C25H31FN2O3/c1-18-4-3-11-28(18)25(29)27(2)23-7-5-19(6-8-23)17-31-24-15-21(14-22(26)16-24)20-9-12-30-13-10-20/h5-8,14-16,18,20H,3-4,9-13,17H2,1-2H3. The van der Waals surface area contributed by atoms with E-state index in [1.165, 1.54) is 6.07 Å². The first kappa shape index (κ1) is 21.6. The lowest BCUT2D eigenvalue weighted by molar-refractivity contribution is 0.0852. The molecule has 2 aromatic carbocycles. The van der Waals surface area contributed by atoms with Gasteiger partial charge in [-0.25, -0.2) is 9.18 Å². The molecule has 1 unspecified atom stereocenters. The number of ether oxygens (including phenoxy) is 2. The van der Waals surface area contributed by atoms with Gasteiger partial charge in [0, 0.05) is 44.6 Å². The van der Waals surface area contributed by atoms with Gasteiger partial charge in [0.1, 0.15) is 18.2 Å². The van der Waals surface area contributed by atoms with Gasteiger partial charge in [-0.3, -0.25) is 4.90 Å². The number of halogens is 1. The van der Waals surface area contributed by atoms with Crippen LogP contribution >= 0.6 is 0 Å². The lowest BCUT2D eigenvalue weighted by Gasteiger charge is -2.28. The molecular weight excluding hydrogens is 395 g/mol. The number of amides is 2. The van der Waals surface area contributed by atoms with Crippen molar-refractivity contribution in [3.05, 3.63) is 59.4 Å². The summed E-state index contributed by atoms with van der Waals surface area (Å²) in [6.07, 6.45) is 3.94. The van der Waals surface area contributed by atoms with Gasteiger partial charge in [-0.05, 0) is 73.9 Å². The second kappa shape index (κ2) is 9.69. The monoisotopic (exact) mass is 426 g/mol. The van der Waals surface area contributed by atoms with E-state index in [0.717, 1.165) is 62.3 Å². The third-order valence-electron chi connectivity index (χ3n) is 6.40. The first-order chi connectivity index (χ1) is 15.0. The van der Waals surface area contributed by atoms with E-state index in [-0.39, 0.29) is 11.8 Å². The van der Waals surface area contributed by atoms with Gasteiger partial charge in [0.2, 0.25) is 0 Å². The van der Waals surface area contributed by atoms with Crippen LogP contribution in [0, 0.1) is 5.82 Å². The van der Waals surface area contributed by atoms with Crippen LogP contribution in [0.3, 0.4) is 0 Å². The third-order valence-corrected chi connectivity index (χ3v) is 6.40. The highest BCUT2D eigenvalue weighted by Gasteiger charge is 2.27. The molecule has 2 fully saturated rings. The summed E-state index contributed by atoms with van der Waals surface area (Å²) in [5.41, 5.74) is 2.79. The van der Waals surface area contributed by atoms with Crippen molar-refractivity contribution in [1.29, 1.82) is 0 Å². The van der Waals surface area contributed by atoms with Crippen LogP contribution in [0.15, 0.2) is 42.5 Å². The van der Waals surface area contributed by atoms with Gasteiger partial charge in [-0.2, -0.15) is 0 Å². The number of likely N-dealkylation sites (tertiary alicyclic amines) is 1. The third kappa shape index (κ3) is 5.18. The smallest absolute Gasteiger partial charge is 0.324 e. The van der Waals surface area contributed by atoms with Crippen molar-refractivity contribution < 1.29 is 18.7 Å². The minimum absolute atomic E-state index is 0.0365. The van der Waals surface area contributed by atoms with E-state index in [4.69, 9.17) is 9.47 Å². The average molecular weight is 427 g/mol. The molecule has 2 saturated heterocycles. The van der Waals surface area contributed by atoms with Crippen molar-refractivity contribution in [2.45, 2.75) is 51.2 Å². The van der Waals surface area contributed by atoms with E-state index in [0.29, 0.717) is 24.3 Å². The largest absolute Gasteiger partial charge is 0.489 e. The quantitative estimate of drug-likeness (QED) is 0.648. The fourth-order valence-electron chi connectivity index (χ4n) is 4.44. The van der Waals surface area contributed by atoms with Gasteiger partial charge in [0.15, 0.2) is 0 Å². The Morgan fingerprint density at radius 2 is 1.90 bits per heavy atom. The molecule has 0 aromatic heterocycles. The molecule has 0 saturated carbocycles. The highest BCUT2D eigenvalue weighted by atomic mass is 19.1. The van der Waals surface area contributed by atoms with Crippen LogP contribution in [0.1, 0.15) is 49.7 Å². The van der Waals surface area contributed by atoms with Crippen LogP contribution < -0.4 is 9.64 Å². The fraction of sp³-hybridized carbons (Fsp3) is 0.480. The van der Waals surface area contributed by atoms with Crippen LogP contribution in [-0.4, -0.2) is 43.8 Å². The van der Waals surface area contributed by atoms with E-state index >= 15 is 0 Å². The lowest BCUT2D eigenvalue weighted by Crippen LogP contribution is -2.42. The molecule has 0 spiro atoms. The number of rotatable bonds is 5. The number of urea groups is 1. The Kier molecular flexibility index (Phi) is 6.76. The van der Waals surface area contributed by atoms with Crippen molar-refractivity contribution in [3.63, 3.8) is 0 Å². The summed E-state index contributed by atoms with van der Waals surface area (Å²) in [5, 5.41) is 0. The van der Waals surface area contributed by atoms with E-state index in [1.54, 1.807) is 11.0 Å². The summed E-state index contributed by atoms with van der Waals surface area (Å²) >= 11 is 0. The zero-order valence-corrected chi connectivity index (χ0v) is 18.4. The summed E-state index contributed by atoms with van der Waals surface area (Å²) < 4.78 is 25.4. The molecule has 2 amide bonds. The fourth-order valence-corrected chi connectivity index (χ4v) is 4.44. The molecule has 0 bridgehead atoms. The van der Waals surface area contributed by atoms with E-state index in [9.17, 15) is 9.18 Å². The highest BCUT2D eigenvalue weighted by Crippen LogP contribution is 2.30. The van der Waals surface area contributed by atoms with Crippen LogP contribution in [0.2, 0.25) is 0 Å². The van der Waals surface area contributed by atoms with Gasteiger partial charge in [0.05, 0.1) is 0 Å². The Hall–Kier alpha value is -2.60. The Morgan fingerprint density at radius 1 is 1.16 bits per heavy atom. The molecule has 0 radical (unpaired) electrons. The molecule has 5 nitrogen and oxygen atoms in total. The predicted octanol–water partition coefficient (Wildman–Crippen LogP) is 5.34. The van der Waals surface area contributed by atoms with Crippen molar-refractivity contribution in [2.24, 2.45) is 0 Å². The Balaban J connectivity index is 1.37. The Bertz CT molecular complexity index is 896. The molecule has 2 aliphatic heterocycles. The molecule has 166 valence electrons. The van der Waals surface area contributed by atoms with Crippen molar-refractivity contribution in [2.75, 3.05) is 31.7 Å². The first-order valence-electron chi connectivity index (χ1n) is 11.2. The molecule has 0 aliphatic carbocycles. The summed E-state index contributed by atoms with van der Waals surface area (Å²) in [4.78, 5) is 16.4. The molecular formula is C25H31FN2O3. The molecule has 0 N–H and O–H groups in total. The van der Waals surface area contributed by atoms with Gasteiger partial charge < -0.3 is 14.4 Å². The van der Waals surface area contributed by atoms with Crippen LogP contribution in [0.25, 0.3) is 0 Å². The minimum Gasteiger partial charge on any atom is -0.489 e. The number of carbonyl (C=O) groups excluding carboxylic acids is 1. The molecule has 2 heterocycles. The molecule has 2 aromatic rings.